The van der Waals surface area contributed by atoms with Crippen molar-refractivity contribution in [1.82, 2.24) is 15.0 Å². The Morgan fingerprint density at radius 3 is 2.02 bits per heavy atom. The summed E-state index contributed by atoms with van der Waals surface area (Å²) < 4.78 is 6.36. The van der Waals surface area contributed by atoms with Gasteiger partial charge in [0.2, 0.25) is 5.71 Å². The fourth-order valence-electron chi connectivity index (χ4n) is 5.56. The summed E-state index contributed by atoms with van der Waals surface area (Å²) in [7, 11) is 0. The molecule has 4 nitrogen and oxygen atoms in total. The van der Waals surface area contributed by atoms with E-state index >= 15 is 0 Å². The average molecular weight is 766 g/mol. The molecule has 45 heavy (non-hydrogen) atoms. The zero-order valence-corrected chi connectivity index (χ0v) is 28.5. The van der Waals surface area contributed by atoms with Crippen molar-refractivity contribution in [3.8, 4) is 33.8 Å². The Morgan fingerprint density at radius 1 is 0.622 bits per heavy atom. The third kappa shape index (κ3) is 6.80. The van der Waals surface area contributed by atoms with Gasteiger partial charge in [0.15, 0.2) is 0 Å². The molecule has 0 fully saturated rings. The molecule has 0 aliphatic heterocycles. The van der Waals surface area contributed by atoms with Crippen LogP contribution in [0.15, 0.2) is 114 Å². The fraction of sp³-hybridized carbons (Fsp3) is 0.175. The summed E-state index contributed by atoms with van der Waals surface area (Å²) in [6, 6.07) is 41.0. The van der Waals surface area contributed by atoms with Crippen LogP contribution < -0.4 is 0 Å². The van der Waals surface area contributed by atoms with Gasteiger partial charge in [-0.15, -0.1) is 54.1 Å². The number of rotatable bonds is 5. The summed E-state index contributed by atoms with van der Waals surface area (Å²) in [6.07, 6.45) is 1.79. The maximum Gasteiger partial charge on any atom is 0.216 e. The van der Waals surface area contributed by atoms with E-state index in [0.29, 0.717) is 17.5 Å². The van der Waals surface area contributed by atoms with Crippen LogP contribution in [-0.4, -0.2) is 15.0 Å². The Kier molecular flexibility index (Phi) is 10.0. The maximum atomic E-state index is 6.36. The van der Waals surface area contributed by atoms with Crippen LogP contribution in [0.1, 0.15) is 56.4 Å². The molecule has 7 rings (SSSR count). The second-order valence-electron chi connectivity index (χ2n) is 11.5. The first-order chi connectivity index (χ1) is 21.4. The predicted octanol–water partition coefficient (Wildman–Crippen LogP) is 10.6. The van der Waals surface area contributed by atoms with Crippen LogP contribution in [0.4, 0.5) is 0 Å². The van der Waals surface area contributed by atoms with Gasteiger partial charge in [-0.25, -0.2) is 4.98 Å². The Morgan fingerprint density at radius 2 is 1.36 bits per heavy atom. The van der Waals surface area contributed by atoms with E-state index in [2.05, 4.69) is 80.1 Å². The number of benzene rings is 3. The molecular weight excluding hydrogens is 731 g/mol. The second-order valence-corrected chi connectivity index (χ2v) is 11.5. The zero-order valence-electron chi connectivity index (χ0n) is 26.1. The van der Waals surface area contributed by atoms with E-state index < -0.39 is 0 Å². The van der Waals surface area contributed by atoms with E-state index in [0.717, 1.165) is 50.3 Å². The van der Waals surface area contributed by atoms with Crippen molar-refractivity contribution in [2.45, 2.75) is 46.5 Å². The van der Waals surface area contributed by atoms with E-state index in [-0.39, 0.29) is 20.1 Å². The van der Waals surface area contributed by atoms with E-state index in [1.54, 1.807) is 6.20 Å². The SMILES string of the molecule is Cc1cccc(-c2[c-]ccc3c2oc2nc(-c4c(C(C)C)cccc4C(C)C)ccc23)n1.[Ir].[c-]1ccccc1-c1ccccn1. The van der Waals surface area contributed by atoms with E-state index in [4.69, 9.17) is 9.40 Å². The second kappa shape index (κ2) is 14.1. The van der Waals surface area contributed by atoms with Crippen molar-refractivity contribution in [2.24, 2.45) is 0 Å². The first-order valence-electron chi connectivity index (χ1n) is 15.1. The average Bonchev–Trinajstić information content (AvgIpc) is 3.43. The molecule has 4 heterocycles. The normalized spacial score (nSPS) is 11.0. The van der Waals surface area contributed by atoms with Crippen LogP contribution in [0.25, 0.3) is 55.8 Å². The number of aryl methyl sites for hydroxylation is 1. The standard InChI is InChI=1S/C29H27N2O.C11H8N.Ir/c1-17(2)20-10-7-11-21(18(3)4)27(20)26-16-15-23-22-12-8-13-24(28(22)32-29(23)31-26)25-14-6-9-19(5)30-25;1-2-6-10(7-3-1)11-8-4-5-9-12-11;/h6-12,14-18H,1-5H3;1-6,8-9H;/q2*-1;. The Balaban J connectivity index is 0.000000258. The minimum Gasteiger partial charge on any atom is -0.486 e. The molecule has 0 bridgehead atoms. The largest absolute Gasteiger partial charge is 0.486 e. The van der Waals surface area contributed by atoms with Crippen molar-refractivity contribution >= 4 is 22.1 Å². The van der Waals surface area contributed by atoms with Gasteiger partial charge in [-0.05, 0) is 65.5 Å². The Bertz CT molecular complexity index is 1970. The van der Waals surface area contributed by atoms with Gasteiger partial charge in [-0.1, -0.05) is 81.1 Å². The fourth-order valence-corrected chi connectivity index (χ4v) is 5.56. The van der Waals surface area contributed by atoms with Crippen LogP contribution >= 0.6 is 0 Å². The molecule has 0 saturated carbocycles. The monoisotopic (exact) mass is 766 g/mol. The van der Waals surface area contributed by atoms with Gasteiger partial charge in [-0.3, -0.25) is 0 Å². The zero-order chi connectivity index (χ0) is 30.6. The third-order valence-corrected chi connectivity index (χ3v) is 7.72. The third-order valence-electron chi connectivity index (χ3n) is 7.72. The van der Waals surface area contributed by atoms with E-state index in [1.165, 1.54) is 16.7 Å². The molecule has 4 aromatic heterocycles. The van der Waals surface area contributed by atoms with Crippen molar-refractivity contribution in [3.05, 3.63) is 138 Å². The minimum absolute atomic E-state index is 0. The van der Waals surface area contributed by atoms with Crippen LogP contribution in [0.5, 0.6) is 0 Å². The van der Waals surface area contributed by atoms with E-state index in [1.807, 2.05) is 79.7 Å². The van der Waals surface area contributed by atoms with Gasteiger partial charge in [0, 0.05) is 42.9 Å². The van der Waals surface area contributed by atoms with Gasteiger partial charge in [-0.2, -0.15) is 0 Å². The molecule has 0 unspecified atom stereocenters. The number of furan rings is 1. The molecule has 0 N–H and O–H groups in total. The topological polar surface area (TPSA) is 51.8 Å². The van der Waals surface area contributed by atoms with Gasteiger partial charge < -0.3 is 14.4 Å². The molecular formula is C40H35IrN3O-2. The molecule has 7 aromatic rings. The molecule has 0 atom stereocenters. The summed E-state index contributed by atoms with van der Waals surface area (Å²) >= 11 is 0. The van der Waals surface area contributed by atoms with Crippen molar-refractivity contribution in [1.29, 1.82) is 0 Å². The van der Waals surface area contributed by atoms with E-state index in [9.17, 15) is 0 Å². The van der Waals surface area contributed by atoms with Crippen LogP contribution in [-0.2, 0) is 20.1 Å². The molecule has 227 valence electrons. The smallest absolute Gasteiger partial charge is 0.216 e. The Hall–Kier alpha value is -4.44. The maximum absolute atomic E-state index is 6.36. The molecule has 0 spiro atoms. The summed E-state index contributed by atoms with van der Waals surface area (Å²) in [5, 5.41) is 2.05. The molecule has 1 radical (unpaired) electrons. The van der Waals surface area contributed by atoms with Crippen molar-refractivity contribution in [3.63, 3.8) is 0 Å². The number of nitrogens with zero attached hydrogens (tertiary/aromatic N) is 3. The van der Waals surface area contributed by atoms with Gasteiger partial charge in [0.25, 0.3) is 0 Å². The van der Waals surface area contributed by atoms with Gasteiger partial charge in [0.05, 0.1) is 11.3 Å². The van der Waals surface area contributed by atoms with Crippen LogP contribution in [0.3, 0.4) is 0 Å². The number of pyridine rings is 3. The molecule has 0 aliphatic carbocycles. The van der Waals surface area contributed by atoms with Gasteiger partial charge >= 0.3 is 0 Å². The molecule has 0 aliphatic rings. The molecule has 0 amide bonds. The molecule has 3 aromatic carbocycles. The van der Waals surface area contributed by atoms with Crippen molar-refractivity contribution in [2.75, 3.05) is 0 Å². The van der Waals surface area contributed by atoms with Gasteiger partial charge in [0.1, 0.15) is 0 Å². The summed E-state index contributed by atoms with van der Waals surface area (Å²) in [4.78, 5) is 13.9. The summed E-state index contributed by atoms with van der Waals surface area (Å²) in [5.74, 6) is 0.816. The predicted molar refractivity (Wildman–Crippen MR) is 180 cm³/mol. The molecule has 5 heteroatoms. The summed E-state index contributed by atoms with van der Waals surface area (Å²) in [5.41, 5.74) is 11.0. The number of fused-ring (bicyclic) bond motifs is 3. The van der Waals surface area contributed by atoms with Crippen LogP contribution in [0, 0.1) is 19.1 Å². The summed E-state index contributed by atoms with van der Waals surface area (Å²) in [6.45, 7) is 10.9. The first kappa shape index (κ1) is 32.0. The van der Waals surface area contributed by atoms with Crippen molar-refractivity contribution < 1.29 is 24.5 Å². The quantitative estimate of drug-likeness (QED) is 0.164. The number of hydrogen-bond donors (Lipinski definition) is 0. The molecule has 0 saturated heterocycles. The Labute approximate surface area is 279 Å². The number of aromatic nitrogens is 3. The minimum atomic E-state index is 0. The first-order valence-corrected chi connectivity index (χ1v) is 15.1. The van der Waals surface area contributed by atoms with Crippen LogP contribution in [0.2, 0.25) is 0 Å². The number of hydrogen-bond acceptors (Lipinski definition) is 4.